The zero-order valence-electron chi connectivity index (χ0n) is 12.3. The zero-order chi connectivity index (χ0) is 13.2. The Morgan fingerprint density at radius 1 is 1.22 bits per heavy atom. The first-order valence-electron chi connectivity index (χ1n) is 7.60. The van der Waals surface area contributed by atoms with Gasteiger partial charge in [0, 0.05) is 19.1 Å². The van der Waals surface area contributed by atoms with Crippen LogP contribution in [0.5, 0.6) is 0 Å². The Bertz CT molecular complexity index is 261. The van der Waals surface area contributed by atoms with E-state index >= 15 is 0 Å². The summed E-state index contributed by atoms with van der Waals surface area (Å²) in [4.78, 5) is 2.61. The Labute approximate surface area is 112 Å². The van der Waals surface area contributed by atoms with Crippen molar-refractivity contribution >= 4 is 0 Å². The molecule has 1 saturated heterocycles. The van der Waals surface area contributed by atoms with Gasteiger partial charge in [0.2, 0.25) is 0 Å². The van der Waals surface area contributed by atoms with Crippen molar-refractivity contribution in [2.24, 2.45) is 17.1 Å². The van der Waals surface area contributed by atoms with Gasteiger partial charge in [-0.25, -0.2) is 0 Å². The van der Waals surface area contributed by atoms with Crippen LogP contribution in [0.1, 0.15) is 46.5 Å². The van der Waals surface area contributed by atoms with Gasteiger partial charge < -0.3 is 10.5 Å². The van der Waals surface area contributed by atoms with Crippen molar-refractivity contribution in [3.8, 4) is 0 Å². The average molecular weight is 254 g/mol. The number of rotatable bonds is 3. The maximum Gasteiger partial charge on any atom is 0.0674 e. The molecule has 0 aromatic carbocycles. The Hall–Kier alpha value is -0.120. The number of hydrogen-bond acceptors (Lipinski definition) is 3. The van der Waals surface area contributed by atoms with Gasteiger partial charge in [-0.1, -0.05) is 19.8 Å². The van der Waals surface area contributed by atoms with Crippen LogP contribution in [-0.2, 0) is 4.74 Å². The third kappa shape index (κ3) is 3.25. The first-order chi connectivity index (χ1) is 8.54. The van der Waals surface area contributed by atoms with E-state index in [1.807, 2.05) is 0 Å². The molecule has 2 aliphatic rings. The third-order valence-electron chi connectivity index (χ3n) is 5.04. The van der Waals surface area contributed by atoms with E-state index in [9.17, 15) is 0 Å². The molecule has 18 heavy (non-hydrogen) atoms. The lowest BCUT2D eigenvalue weighted by Gasteiger charge is -2.46. The molecule has 0 bridgehead atoms. The Kier molecular flexibility index (Phi) is 4.68. The molecule has 106 valence electrons. The van der Waals surface area contributed by atoms with Gasteiger partial charge in [-0.15, -0.1) is 0 Å². The van der Waals surface area contributed by atoms with E-state index in [1.54, 1.807) is 0 Å². The van der Waals surface area contributed by atoms with Crippen LogP contribution in [-0.4, -0.2) is 43.3 Å². The summed E-state index contributed by atoms with van der Waals surface area (Å²) in [6, 6.07) is 0.545. The van der Waals surface area contributed by atoms with Gasteiger partial charge in [0.25, 0.3) is 0 Å². The number of ether oxygens (including phenoxy) is 1. The van der Waals surface area contributed by atoms with Crippen LogP contribution in [0.3, 0.4) is 0 Å². The second-order valence-electron chi connectivity index (χ2n) is 6.81. The molecule has 2 rings (SSSR count). The SMILES string of the molecule is CC1CCC(CN)(CN2CC(C)OCC2C)CC1. The number of nitrogens with two attached hydrogens (primary N) is 1. The smallest absolute Gasteiger partial charge is 0.0674 e. The molecular formula is C15H30N2O. The average Bonchev–Trinajstić information content (AvgIpc) is 2.37. The maximum atomic E-state index is 6.12. The summed E-state index contributed by atoms with van der Waals surface area (Å²) < 4.78 is 5.72. The fourth-order valence-corrected chi connectivity index (χ4v) is 3.42. The van der Waals surface area contributed by atoms with Crippen molar-refractivity contribution in [1.29, 1.82) is 0 Å². The highest BCUT2D eigenvalue weighted by atomic mass is 16.5. The van der Waals surface area contributed by atoms with E-state index in [0.29, 0.717) is 17.6 Å². The normalized spacial score (nSPS) is 43.0. The molecule has 1 heterocycles. The van der Waals surface area contributed by atoms with Crippen LogP contribution >= 0.6 is 0 Å². The highest BCUT2D eigenvalue weighted by molar-refractivity contribution is 4.90. The Morgan fingerprint density at radius 3 is 2.50 bits per heavy atom. The van der Waals surface area contributed by atoms with E-state index in [0.717, 1.165) is 25.6 Å². The standard InChI is InChI=1S/C15H30N2O/c1-12-4-6-15(10-16,7-5-12)11-17-8-14(3)18-9-13(17)2/h12-14H,4-11,16H2,1-3H3. The van der Waals surface area contributed by atoms with E-state index in [-0.39, 0.29) is 0 Å². The number of morpholine rings is 1. The highest BCUT2D eigenvalue weighted by Crippen LogP contribution is 2.39. The van der Waals surface area contributed by atoms with E-state index in [2.05, 4.69) is 25.7 Å². The summed E-state index contributed by atoms with van der Waals surface area (Å²) in [6.45, 7) is 10.8. The molecule has 0 radical (unpaired) electrons. The van der Waals surface area contributed by atoms with Crippen molar-refractivity contribution < 1.29 is 4.74 Å². The minimum atomic E-state index is 0.373. The van der Waals surface area contributed by atoms with Crippen LogP contribution in [0, 0.1) is 11.3 Å². The molecule has 0 amide bonds. The monoisotopic (exact) mass is 254 g/mol. The Morgan fingerprint density at radius 2 is 1.89 bits per heavy atom. The van der Waals surface area contributed by atoms with Gasteiger partial charge in [-0.05, 0) is 44.6 Å². The molecule has 0 aromatic rings. The minimum absolute atomic E-state index is 0.373. The van der Waals surface area contributed by atoms with Crippen LogP contribution in [0.4, 0.5) is 0 Å². The van der Waals surface area contributed by atoms with Gasteiger partial charge in [0.1, 0.15) is 0 Å². The topological polar surface area (TPSA) is 38.5 Å². The molecule has 0 aromatic heterocycles. The third-order valence-corrected chi connectivity index (χ3v) is 5.04. The highest BCUT2D eigenvalue weighted by Gasteiger charge is 2.37. The minimum Gasteiger partial charge on any atom is -0.376 e. The summed E-state index contributed by atoms with van der Waals surface area (Å²) >= 11 is 0. The Balaban J connectivity index is 1.96. The van der Waals surface area contributed by atoms with Crippen LogP contribution < -0.4 is 5.73 Å². The molecule has 1 aliphatic heterocycles. The maximum absolute atomic E-state index is 6.12. The second-order valence-corrected chi connectivity index (χ2v) is 6.81. The lowest BCUT2D eigenvalue weighted by atomic mass is 9.70. The molecule has 2 N–H and O–H groups in total. The molecule has 2 atom stereocenters. The fraction of sp³-hybridized carbons (Fsp3) is 1.00. The molecule has 1 saturated carbocycles. The molecule has 3 nitrogen and oxygen atoms in total. The summed E-state index contributed by atoms with van der Waals surface area (Å²) in [5.41, 5.74) is 6.50. The molecule has 2 unspecified atom stereocenters. The molecule has 2 fully saturated rings. The van der Waals surface area contributed by atoms with E-state index in [4.69, 9.17) is 10.5 Å². The lowest BCUT2D eigenvalue weighted by molar-refractivity contribution is -0.0671. The fourth-order valence-electron chi connectivity index (χ4n) is 3.42. The van der Waals surface area contributed by atoms with Crippen molar-refractivity contribution in [1.82, 2.24) is 4.90 Å². The van der Waals surface area contributed by atoms with E-state index in [1.165, 1.54) is 32.2 Å². The lowest BCUT2D eigenvalue weighted by Crippen LogP contribution is -2.53. The summed E-state index contributed by atoms with van der Waals surface area (Å²) in [5.74, 6) is 0.894. The number of nitrogens with zero attached hydrogens (tertiary/aromatic N) is 1. The van der Waals surface area contributed by atoms with Gasteiger partial charge in [0.05, 0.1) is 12.7 Å². The van der Waals surface area contributed by atoms with Crippen LogP contribution in [0.15, 0.2) is 0 Å². The van der Waals surface area contributed by atoms with Gasteiger partial charge in [-0.2, -0.15) is 0 Å². The quantitative estimate of drug-likeness (QED) is 0.839. The van der Waals surface area contributed by atoms with Crippen molar-refractivity contribution in [3.63, 3.8) is 0 Å². The van der Waals surface area contributed by atoms with Crippen molar-refractivity contribution in [2.45, 2.75) is 58.6 Å². The first-order valence-corrected chi connectivity index (χ1v) is 7.60. The van der Waals surface area contributed by atoms with Crippen LogP contribution in [0.2, 0.25) is 0 Å². The molecule has 1 aliphatic carbocycles. The predicted octanol–water partition coefficient (Wildman–Crippen LogP) is 2.25. The van der Waals surface area contributed by atoms with Crippen molar-refractivity contribution in [2.75, 3.05) is 26.2 Å². The second kappa shape index (κ2) is 5.89. The van der Waals surface area contributed by atoms with Crippen LogP contribution in [0.25, 0.3) is 0 Å². The van der Waals surface area contributed by atoms with Gasteiger partial charge in [-0.3, -0.25) is 4.90 Å². The summed E-state index contributed by atoms with van der Waals surface area (Å²) in [5, 5.41) is 0. The molecular weight excluding hydrogens is 224 g/mol. The van der Waals surface area contributed by atoms with Crippen molar-refractivity contribution in [3.05, 3.63) is 0 Å². The van der Waals surface area contributed by atoms with E-state index < -0.39 is 0 Å². The number of hydrogen-bond donors (Lipinski definition) is 1. The zero-order valence-corrected chi connectivity index (χ0v) is 12.3. The molecule has 3 heteroatoms. The predicted molar refractivity (Wildman–Crippen MR) is 75.6 cm³/mol. The summed E-state index contributed by atoms with van der Waals surface area (Å²) in [7, 11) is 0. The molecule has 0 spiro atoms. The summed E-state index contributed by atoms with van der Waals surface area (Å²) in [6.07, 6.45) is 5.70. The van der Waals surface area contributed by atoms with Gasteiger partial charge >= 0.3 is 0 Å². The largest absolute Gasteiger partial charge is 0.376 e. The van der Waals surface area contributed by atoms with Gasteiger partial charge in [0.15, 0.2) is 0 Å². The first kappa shape index (κ1) is 14.3.